The fourth-order valence-electron chi connectivity index (χ4n) is 2.69. The van der Waals surface area contributed by atoms with Gasteiger partial charge < -0.3 is 15.2 Å². The Hall–Kier alpha value is -0.120. The van der Waals surface area contributed by atoms with E-state index < -0.39 is 0 Å². The Morgan fingerprint density at radius 2 is 2.29 bits per heavy atom. The van der Waals surface area contributed by atoms with Crippen LogP contribution in [0.3, 0.4) is 0 Å². The molecule has 0 bridgehead atoms. The van der Waals surface area contributed by atoms with E-state index in [1.54, 1.807) is 0 Å². The first-order valence-corrected chi connectivity index (χ1v) is 5.72. The van der Waals surface area contributed by atoms with Crippen molar-refractivity contribution in [3.05, 3.63) is 0 Å². The zero-order valence-electron chi connectivity index (χ0n) is 9.00. The molecular formula is C11H21NO2. The van der Waals surface area contributed by atoms with Crippen molar-refractivity contribution in [2.24, 2.45) is 11.7 Å². The van der Waals surface area contributed by atoms with Gasteiger partial charge in [-0.05, 0) is 19.3 Å². The summed E-state index contributed by atoms with van der Waals surface area (Å²) >= 11 is 0. The van der Waals surface area contributed by atoms with E-state index in [-0.39, 0.29) is 11.7 Å². The van der Waals surface area contributed by atoms with Gasteiger partial charge in [0, 0.05) is 25.5 Å². The summed E-state index contributed by atoms with van der Waals surface area (Å²) in [5.41, 5.74) is 5.77. The summed E-state index contributed by atoms with van der Waals surface area (Å²) in [4.78, 5) is 0. The lowest BCUT2D eigenvalue weighted by Crippen LogP contribution is -2.52. The van der Waals surface area contributed by atoms with Gasteiger partial charge in [0.2, 0.25) is 0 Å². The van der Waals surface area contributed by atoms with Gasteiger partial charge in [0.25, 0.3) is 0 Å². The van der Waals surface area contributed by atoms with E-state index in [1.165, 1.54) is 12.8 Å². The maximum absolute atomic E-state index is 6.17. The van der Waals surface area contributed by atoms with Gasteiger partial charge in [-0.2, -0.15) is 0 Å². The van der Waals surface area contributed by atoms with Crippen LogP contribution in [0, 0.1) is 5.92 Å². The second-order valence-electron chi connectivity index (χ2n) is 4.66. The van der Waals surface area contributed by atoms with E-state index in [1.807, 2.05) is 0 Å². The third kappa shape index (κ3) is 1.81. The highest BCUT2D eigenvalue weighted by molar-refractivity contribution is 4.92. The molecule has 0 aromatic carbocycles. The molecule has 82 valence electrons. The average Bonchev–Trinajstić information content (AvgIpc) is 2.23. The monoisotopic (exact) mass is 199 g/mol. The van der Waals surface area contributed by atoms with E-state index in [2.05, 4.69) is 6.92 Å². The Bertz CT molecular complexity index is 194. The molecule has 2 aliphatic heterocycles. The summed E-state index contributed by atoms with van der Waals surface area (Å²) in [6.07, 6.45) is 4.90. The van der Waals surface area contributed by atoms with Crippen LogP contribution in [0.4, 0.5) is 0 Å². The van der Waals surface area contributed by atoms with Crippen molar-refractivity contribution >= 4 is 0 Å². The first kappa shape index (κ1) is 10.4. The fraction of sp³-hybridized carbons (Fsp3) is 1.00. The van der Waals surface area contributed by atoms with Crippen LogP contribution in [0.15, 0.2) is 0 Å². The standard InChI is InChI=1S/C11H21NO2/c1-9-8-13-6-5-11(9)4-2-3-10(7-12)14-11/h9-10H,2-8,12H2,1H3. The summed E-state index contributed by atoms with van der Waals surface area (Å²) in [5, 5.41) is 0. The van der Waals surface area contributed by atoms with Crippen LogP contribution in [0.25, 0.3) is 0 Å². The lowest BCUT2D eigenvalue weighted by molar-refractivity contribution is -0.194. The summed E-state index contributed by atoms with van der Waals surface area (Å²) in [6.45, 7) is 4.59. The smallest absolute Gasteiger partial charge is 0.0756 e. The average molecular weight is 199 g/mol. The first-order valence-electron chi connectivity index (χ1n) is 5.72. The normalized spacial score (nSPS) is 44.1. The summed E-state index contributed by atoms with van der Waals surface area (Å²) in [7, 11) is 0. The van der Waals surface area contributed by atoms with Gasteiger partial charge in [0.15, 0.2) is 0 Å². The zero-order valence-corrected chi connectivity index (χ0v) is 9.00. The predicted octanol–water partition coefficient (Wildman–Crippen LogP) is 1.31. The van der Waals surface area contributed by atoms with Crippen molar-refractivity contribution in [3.8, 4) is 0 Å². The SMILES string of the molecule is CC1COCCC12CCCC(CN)O2. The first-order chi connectivity index (χ1) is 6.77. The molecule has 3 unspecified atom stereocenters. The molecule has 0 radical (unpaired) electrons. The van der Waals surface area contributed by atoms with Gasteiger partial charge in [0.05, 0.1) is 18.3 Å². The second-order valence-corrected chi connectivity index (χ2v) is 4.66. The molecular weight excluding hydrogens is 178 g/mol. The Morgan fingerprint density at radius 3 is 3.00 bits per heavy atom. The lowest BCUT2D eigenvalue weighted by atomic mass is 9.78. The van der Waals surface area contributed by atoms with Crippen molar-refractivity contribution in [1.82, 2.24) is 0 Å². The summed E-state index contributed by atoms with van der Waals surface area (Å²) < 4.78 is 11.6. The minimum atomic E-state index is 0.0839. The van der Waals surface area contributed by atoms with Gasteiger partial charge in [0.1, 0.15) is 0 Å². The molecule has 2 aliphatic rings. The molecule has 2 N–H and O–H groups in total. The molecule has 2 fully saturated rings. The highest BCUT2D eigenvalue weighted by atomic mass is 16.5. The van der Waals surface area contributed by atoms with Crippen molar-refractivity contribution in [2.75, 3.05) is 19.8 Å². The van der Waals surface area contributed by atoms with E-state index in [0.29, 0.717) is 12.5 Å². The molecule has 2 heterocycles. The van der Waals surface area contributed by atoms with Gasteiger partial charge in [-0.1, -0.05) is 6.92 Å². The van der Waals surface area contributed by atoms with Crippen molar-refractivity contribution in [3.63, 3.8) is 0 Å². The fourth-order valence-corrected chi connectivity index (χ4v) is 2.69. The summed E-state index contributed by atoms with van der Waals surface area (Å²) in [5.74, 6) is 0.519. The van der Waals surface area contributed by atoms with E-state index >= 15 is 0 Å². The second kappa shape index (κ2) is 4.17. The molecule has 0 aromatic rings. The summed E-state index contributed by atoms with van der Waals surface area (Å²) in [6, 6.07) is 0. The molecule has 0 saturated carbocycles. The third-order valence-corrected chi connectivity index (χ3v) is 3.73. The minimum Gasteiger partial charge on any atom is -0.381 e. The highest BCUT2D eigenvalue weighted by Gasteiger charge is 2.43. The molecule has 0 aliphatic carbocycles. The molecule has 14 heavy (non-hydrogen) atoms. The zero-order chi connectivity index (χ0) is 10.0. The van der Waals surface area contributed by atoms with Crippen LogP contribution in [0.2, 0.25) is 0 Å². The highest BCUT2D eigenvalue weighted by Crippen LogP contribution is 2.39. The van der Waals surface area contributed by atoms with E-state index in [9.17, 15) is 0 Å². The van der Waals surface area contributed by atoms with E-state index in [4.69, 9.17) is 15.2 Å². The maximum Gasteiger partial charge on any atom is 0.0756 e. The number of ether oxygens (including phenoxy) is 2. The van der Waals surface area contributed by atoms with Gasteiger partial charge in [-0.15, -0.1) is 0 Å². The molecule has 3 heteroatoms. The Balaban J connectivity index is 2.04. The van der Waals surface area contributed by atoms with Crippen LogP contribution in [-0.4, -0.2) is 31.5 Å². The van der Waals surface area contributed by atoms with Crippen LogP contribution < -0.4 is 5.73 Å². The van der Waals surface area contributed by atoms with Crippen molar-refractivity contribution in [2.45, 2.75) is 44.3 Å². The van der Waals surface area contributed by atoms with E-state index in [0.717, 1.165) is 26.1 Å². The van der Waals surface area contributed by atoms with Gasteiger partial charge in [-0.3, -0.25) is 0 Å². The Morgan fingerprint density at radius 1 is 1.43 bits per heavy atom. The van der Waals surface area contributed by atoms with Crippen molar-refractivity contribution in [1.29, 1.82) is 0 Å². The Labute approximate surface area is 85.9 Å². The Kier molecular flexibility index (Phi) is 3.10. The molecule has 2 saturated heterocycles. The quantitative estimate of drug-likeness (QED) is 0.692. The number of nitrogens with two attached hydrogens (primary N) is 1. The lowest BCUT2D eigenvalue weighted by Gasteiger charge is -2.47. The molecule has 1 spiro atoms. The minimum absolute atomic E-state index is 0.0839. The molecule has 0 aromatic heterocycles. The molecule has 3 atom stereocenters. The predicted molar refractivity (Wildman–Crippen MR) is 55.1 cm³/mol. The number of rotatable bonds is 1. The van der Waals surface area contributed by atoms with Crippen LogP contribution in [0.5, 0.6) is 0 Å². The van der Waals surface area contributed by atoms with Gasteiger partial charge >= 0.3 is 0 Å². The van der Waals surface area contributed by atoms with Crippen LogP contribution in [-0.2, 0) is 9.47 Å². The molecule has 3 nitrogen and oxygen atoms in total. The topological polar surface area (TPSA) is 44.5 Å². The number of hydrogen-bond donors (Lipinski definition) is 1. The molecule has 0 amide bonds. The largest absolute Gasteiger partial charge is 0.381 e. The molecule has 2 rings (SSSR count). The van der Waals surface area contributed by atoms with Crippen LogP contribution >= 0.6 is 0 Å². The number of hydrogen-bond acceptors (Lipinski definition) is 3. The maximum atomic E-state index is 6.17. The van der Waals surface area contributed by atoms with Crippen LogP contribution in [0.1, 0.15) is 32.6 Å². The van der Waals surface area contributed by atoms with Crippen molar-refractivity contribution < 1.29 is 9.47 Å². The third-order valence-electron chi connectivity index (χ3n) is 3.73. The van der Waals surface area contributed by atoms with Gasteiger partial charge in [-0.25, -0.2) is 0 Å².